The van der Waals surface area contributed by atoms with Crippen LogP contribution < -0.4 is 5.32 Å². The van der Waals surface area contributed by atoms with Crippen molar-refractivity contribution >= 4 is 23.8 Å². The van der Waals surface area contributed by atoms with Gasteiger partial charge in [0.15, 0.2) is 0 Å². The predicted octanol–water partition coefficient (Wildman–Crippen LogP) is 2.55. The van der Waals surface area contributed by atoms with E-state index in [1.54, 1.807) is 12.1 Å². The summed E-state index contributed by atoms with van der Waals surface area (Å²) in [4.78, 5) is 26.1. The molecule has 102 valence electrons. The van der Waals surface area contributed by atoms with Crippen LogP contribution in [-0.4, -0.2) is 22.0 Å². The number of rotatable bonds is 6. The zero-order chi connectivity index (χ0) is 14.3. The van der Waals surface area contributed by atoms with Crippen LogP contribution in [0.25, 0.3) is 6.08 Å². The molecule has 1 aromatic heterocycles. The summed E-state index contributed by atoms with van der Waals surface area (Å²) in [5.74, 6) is -0.337. The van der Waals surface area contributed by atoms with E-state index < -0.39 is 5.97 Å². The topological polar surface area (TPSA) is 79.3 Å². The quantitative estimate of drug-likeness (QED) is 0.772. The monoisotopic (exact) mass is 262 g/mol. The molecule has 1 atom stereocenters. The van der Waals surface area contributed by atoms with Crippen molar-refractivity contribution in [3.63, 3.8) is 0 Å². The number of hydrogen-bond donors (Lipinski definition) is 2. The number of pyridine rings is 1. The fourth-order valence-corrected chi connectivity index (χ4v) is 1.44. The maximum absolute atomic E-state index is 11.7. The van der Waals surface area contributed by atoms with Crippen molar-refractivity contribution in [3.05, 3.63) is 30.0 Å². The molecule has 1 amide bonds. The Kier molecular flexibility index (Phi) is 5.73. The first kappa shape index (κ1) is 14.9. The highest BCUT2D eigenvalue weighted by atomic mass is 16.4. The fourth-order valence-electron chi connectivity index (χ4n) is 1.44. The Labute approximate surface area is 112 Å². The molecular weight excluding hydrogens is 244 g/mol. The Hall–Kier alpha value is -2.17. The molecule has 0 aliphatic rings. The molecule has 5 nitrogen and oxygen atoms in total. The molecule has 5 heteroatoms. The third kappa shape index (κ3) is 5.81. The molecule has 0 bridgehead atoms. The number of carboxylic acids is 1. The van der Waals surface area contributed by atoms with Crippen LogP contribution in [0.2, 0.25) is 0 Å². The molecular formula is C14H18N2O3. The van der Waals surface area contributed by atoms with Crippen LogP contribution in [0.5, 0.6) is 0 Å². The SMILES string of the molecule is CCC(C)CC(=O)Nc1cc(/C=C/C(=O)O)ccn1. The fraction of sp³-hybridized carbons (Fsp3) is 0.357. The van der Waals surface area contributed by atoms with Gasteiger partial charge in [0, 0.05) is 18.7 Å². The van der Waals surface area contributed by atoms with Crippen LogP contribution in [0.15, 0.2) is 24.4 Å². The van der Waals surface area contributed by atoms with Gasteiger partial charge in [0.1, 0.15) is 5.82 Å². The predicted molar refractivity (Wildman–Crippen MR) is 73.6 cm³/mol. The molecule has 1 unspecified atom stereocenters. The molecule has 0 fully saturated rings. The van der Waals surface area contributed by atoms with Crippen LogP contribution in [0, 0.1) is 5.92 Å². The van der Waals surface area contributed by atoms with E-state index >= 15 is 0 Å². The largest absolute Gasteiger partial charge is 0.478 e. The summed E-state index contributed by atoms with van der Waals surface area (Å²) in [5, 5.41) is 11.2. The van der Waals surface area contributed by atoms with Gasteiger partial charge in [-0.1, -0.05) is 20.3 Å². The first-order valence-corrected chi connectivity index (χ1v) is 6.18. The first-order chi connectivity index (χ1) is 9.01. The molecule has 1 aromatic rings. The van der Waals surface area contributed by atoms with Crippen molar-refractivity contribution in [2.24, 2.45) is 5.92 Å². The highest BCUT2D eigenvalue weighted by molar-refractivity contribution is 5.90. The van der Waals surface area contributed by atoms with Gasteiger partial charge in [0.2, 0.25) is 5.91 Å². The molecule has 0 saturated carbocycles. The number of carboxylic acid groups (broad SMARTS) is 1. The minimum absolute atomic E-state index is 0.0822. The zero-order valence-electron chi connectivity index (χ0n) is 11.1. The van der Waals surface area contributed by atoms with Crippen molar-refractivity contribution in [3.8, 4) is 0 Å². The van der Waals surface area contributed by atoms with Gasteiger partial charge in [-0.05, 0) is 29.7 Å². The first-order valence-electron chi connectivity index (χ1n) is 6.18. The van der Waals surface area contributed by atoms with E-state index in [0.717, 1.165) is 12.5 Å². The molecule has 0 saturated heterocycles. The molecule has 0 aromatic carbocycles. The Balaban J connectivity index is 2.66. The van der Waals surface area contributed by atoms with E-state index in [1.165, 1.54) is 12.3 Å². The Bertz CT molecular complexity index is 483. The standard InChI is InChI=1S/C14H18N2O3/c1-3-10(2)8-13(17)16-12-9-11(6-7-15-12)4-5-14(18)19/h4-7,9-10H,3,8H2,1-2H3,(H,18,19)(H,15,16,17)/b5-4+. The highest BCUT2D eigenvalue weighted by Crippen LogP contribution is 2.11. The van der Waals surface area contributed by atoms with Crippen molar-refractivity contribution in [2.75, 3.05) is 5.32 Å². The number of nitrogens with zero attached hydrogens (tertiary/aromatic N) is 1. The van der Waals surface area contributed by atoms with Gasteiger partial charge in [0.25, 0.3) is 0 Å². The van der Waals surface area contributed by atoms with Crippen LogP contribution in [0.3, 0.4) is 0 Å². The zero-order valence-corrected chi connectivity index (χ0v) is 11.1. The summed E-state index contributed by atoms with van der Waals surface area (Å²) in [6, 6.07) is 3.30. The van der Waals surface area contributed by atoms with Gasteiger partial charge in [-0.25, -0.2) is 9.78 Å². The second kappa shape index (κ2) is 7.31. The Morgan fingerprint density at radius 1 is 1.53 bits per heavy atom. The summed E-state index contributed by atoms with van der Waals surface area (Å²) < 4.78 is 0. The lowest BCUT2D eigenvalue weighted by Crippen LogP contribution is -2.15. The van der Waals surface area contributed by atoms with Crippen molar-refractivity contribution in [1.29, 1.82) is 0 Å². The van der Waals surface area contributed by atoms with Crippen LogP contribution in [0.4, 0.5) is 5.82 Å². The lowest BCUT2D eigenvalue weighted by Gasteiger charge is -2.08. The Morgan fingerprint density at radius 2 is 2.26 bits per heavy atom. The molecule has 1 rings (SSSR count). The summed E-state index contributed by atoms with van der Waals surface area (Å²) in [7, 11) is 0. The van der Waals surface area contributed by atoms with Crippen LogP contribution >= 0.6 is 0 Å². The summed E-state index contributed by atoms with van der Waals surface area (Å²) in [5.41, 5.74) is 0.677. The van der Waals surface area contributed by atoms with E-state index in [-0.39, 0.29) is 5.91 Å². The normalized spacial score (nSPS) is 12.3. The minimum atomic E-state index is -1.01. The van der Waals surface area contributed by atoms with E-state index in [9.17, 15) is 9.59 Å². The minimum Gasteiger partial charge on any atom is -0.478 e. The van der Waals surface area contributed by atoms with Crippen molar-refractivity contribution in [1.82, 2.24) is 4.98 Å². The van der Waals surface area contributed by atoms with Gasteiger partial charge >= 0.3 is 5.97 Å². The lowest BCUT2D eigenvalue weighted by molar-refractivity contribution is -0.131. The summed E-state index contributed by atoms with van der Waals surface area (Å²) in [6.07, 6.45) is 5.42. The smallest absolute Gasteiger partial charge is 0.328 e. The average molecular weight is 262 g/mol. The second-order valence-electron chi connectivity index (χ2n) is 4.41. The summed E-state index contributed by atoms with van der Waals surface area (Å²) in [6.45, 7) is 4.05. The number of aliphatic carboxylic acids is 1. The molecule has 1 heterocycles. The van der Waals surface area contributed by atoms with Crippen molar-refractivity contribution in [2.45, 2.75) is 26.7 Å². The van der Waals surface area contributed by atoms with Crippen LogP contribution in [0.1, 0.15) is 32.3 Å². The molecule has 0 aliphatic heterocycles. The third-order valence-corrected chi connectivity index (χ3v) is 2.70. The van der Waals surface area contributed by atoms with E-state index in [1.807, 2.05) is 13.8 Å². The number of hydrogen-bond acceptors (Lipinski definition) is 3. The number of amides is 1. The van der Waals surface area contributed by atoms with Gasteiger partial charge in [-0.3, -0.25) is 4.79 Å². The van der Waals surface area contributed by atoms with E-state index in [0.29, 0.717) is 23.7 Å². The lowest BCUT2D eigenvalue weighted by atomic mass is 10.1. The number of anilines is 1. The molecule has 2 N–H and O–H groups in total. The van der Waals surface area contributed by atoms with Gasteiger partial charge in [0.05, 0.1) is 0 Å². The number of carbonyl (C=O) groups is 2. The van der Waals surface area contributed by atoms with Gasteiger partial charge in [-0.2, -0.15) is 0 Å². The highest BCUT2D eigenvalue weighted by Gasteiger charge is 2.08. The molecule has 0 spiro atoms. The van der Waals surface area contributed by atoms with Crippen molar-refractivity contribution < 1.29 is 14.7 Å². The summed E-state index contributed by atoms with van der Waals surface area (Å²) >= 11 is 0. The van der Waals surface area contributed by atoms with Crippen LogP contribution in [-0.2, 0) is 9.59 Å². The molecule has 0 aliphatic carbocycles. The number of carbonyl (C=O) groups excluding carboxylic acids is 1. The van der Waals surface area contributed by atoms with E-state index in [4.69, 9.17) is 5.11 Å². The second-order valence-corrected chi connectivity index (χ2v) is 4.41. The number of aromatic nitrogens is 1. The number of nitrogens with one attached hydrogen (secondary N) is 1. The third-order valence-electron chi connectivity index (χ3n) is 2.70. The molecule has 19 heavy (non-hydrogen) atoms. The van der Waals surface area contributed by atoms with E-state index in [2.05, 4.69) is 10.3 Å². The average Bonchev–Trinajstić information content (AvgIpc) is 2.36. The molecule has 0 radical (unpaired) electrons. The maximum atomic E-state index is 11.7. The Morgan fingerprint density at radius 3 is 2.89 bits per heavy atom. The maximum Gasteiger partial charge on any atom is 0.328 e. The van der Waals surface area contributed by atoms with Gasteiger partial charge in [-0.15, -0.1) is 0 Å². The van der Waals surface area contributed by atoms with Gasteiger partial charge < -0.3 is 10.4 Å².